The van der Waals surface area contributed by atoms with E-state index in [4.69, 9.17) is 11.6 Å². The third-order valence-corrected chi connectivity index (χ3v) is 4.67. The molecule has 0 aliphatic rings. The fraction of sp³-hybridized carbons (Fsp3) is 1.00. The lowest BCUT2D eigenvalue weighted by Crippen LogP contribution is -1.90. The minimum absolute atomic E-state index is 0. The highest BCUT2D eigenvalue weighted by Crippen LogP contribution is 2.14. The second-order valence-corrected chi connectivity index (χ2v) is 7.62. The van der Waals surface area contributed by atoms with E-state index in [1.807, 2.05) is 0 Å². The van der Waals surface area contributed by atoms with Gasteiger partial charge in [-0.2, -0.15) is 19.8 Å². The van der Waals surface area contributed by atoms with Gasteiger partial charge in [0.1, 0.15) is 0 Å². The monoisotopic (exact) mass is 384 g/mol. The van der Waals surface area contributed by atoms with E-state index in [2.05, 4.69) is 13.8 Å². The molecule has 144 valence electrons. The molecule has 3 heteroatoms. The first-order valence-corrected chi connectivity index (χ1v) is 10.3. The fourth-order valence-corrected chi connectivity index (χ4v) is 3.13. The Kier molecular flexibility index (Phi) is 31.9. The Hall–Kier alpha value is 1.15. The van der Waals surface area contributed by atoms with Crippen LogP contribution in [0, 0.1) is 0 Å². The van der Waals surface area contributed by atoms with Crippen molar-refractivity contribution in [2.45, 2.75) is 128 Å². The van der Waals surface area contributed by atoms with E-state index < -0.39 is 0 Å². The van der Waals surface area contributed by atoms with Crippen molar-refractivity contribution in [2.24, 2.45) is 0 Å². The first-order chi connectivity index (χ1) is 10.3. The third kappa shape index (κ3) is 28.2. The summed E-state index contributed by atoms with van der Waals surface area (Å²) in [6.45, 7) is 4.40. The van der Waals surface area contributed by atoms with Gasteiger partial charge >= 0.3 is 0 Å². The quantitative estimate of drug-likeness (QED) is 0.134. The predicted molar refractivity (Wildman–Crippen MR) is 122 cm³/mol. The highest BCUT2D eigenvalue weighted by atomic mass is 35.5. The van der Waals surface area contributed by atoms with Crippen molar-refractivity contribution in [1.82, 2.24) is 0 Å². The molecule has 3 atom stereocenters. The third-order valence-electron chi connectivity index (χ3n) is 4.46. The molecule has 0 N–H and O–H groups in total. The zero-order valence-corrected chi connectivity index (χ0v) is 20.0. The Bertz CT molecular complexity index is 186. The van der Waals surface area contributed by atoms with Crippen molar-refractivity contribution in [2.75, 3.05) is 0 Å². The molecule has 0 rings (SSSR count). The normalized spacial score (nSPS) is 11.6. The molecule has 23 heavy (non-hydrogen) atoms. The SMILES string of the molecule is CCCCCCCCCCCCCCCCCCC(C)Cl.P.P. The van der Waals surface area contributed by atoms with Gasteiger partial charge in [-0.05, 0) is 13.3 Å². The van der Waals surface area contributed by atoms with Crippen molar-refractivity contribution >= 4 is 31.4 Å². The molecule has 0 heterocycles. The van der Waals surface area contributed by atoms with Gasteiger partial charge < -0.3 is 0 Å². The predicted octanol–water partition coefficient (Wildman–Crippen LogP) is 8.38. The van der Waals surface area contributed by atoms with Crippen LogP contribution in [0.15, 0.2) is 0 Å². The number of alkyl halides is 1. The van der Waals surface area contributed by atoms with Gasteiger partial charge in [0.2, 0.25) is 0 Å². The van der Waals surface area contributed by atoms with Crippen molar-refractivity contribution in [3.63, 3.8) is 0 Å². The Morgan fingerprint density at radius 2 is 0.783 bits per heavy atom. The molecular formula is C20H47ClP2. The van der Waals surface area contributed by atoms with E-state index in [1.165, 1.54) is 109 Å². The summed E-state index contributed by atoms with van der Waals surface area (Å²) in [5.41, 5.74) is 0. The molecule has 0 bridgehead atoms. The maximum atomic E-state index is 5.94. The number of halogens is 1. The molecule has 0 fully saturated rings. The molecule has 3 unspecified atom stereocenters. The van der Waals surface area contributed by atoms with Crippen LogP contribution in [-0.2, 0) is 0 Å². The average molecular weight is 385 g/mol. The summed E-state index contributed by atoms with van der Waals surface area (Å²) in [5, 5.41) is 0.372. The summed E-state index contributed by atoms with van der Waals surface area (Å²) < 4.78 is 0. The molecule has 0 aliphatic heterocycles. The summed E-state index contributed by atoms with van der Waals surface area (Å²) in [4.78, 5) is 0. The van der Waals surface area contributed by atoms with Gasteiger partial charge in [0.15, 0.2) is 0 Å². The van der Waals surface area contributed by atoms with Gasteiger partial charge in [0, 0.05) is 5.38 Å². The molecule has 0 aliphatic carbocycles. The highest BCUT2D eigenvalue weighted by molar-refractivity contribution is 6.92. The van der Waals surface area contributed by atoms with Crippen molar-refractivity contribution < 1.29 is 0 Å². The van der Waals surface area contributed by atoms with Crippen LogP contribution in [0.25, 0.3) is 0 Å². The topological polar surface area (TPSA) is 0 Å². The van der Waals surface area contributed by atoms with E-state index in [9.17, 15) is 0 Å². The largest absolute Gasteiger partial charge is 0.153 e. The molecule has 0 radical (unpaired) electrons. The standard InChI is InChI=1S/C20H41Cl.2H3P/c1-3-4-5-6-7-8-9-10-11-12-13-14-15-16-17-18-19-20(2)21;;/h20H,3-19H2,1-2H3;2*1H3. The van der Waals surface area contributed by atoms with Gasteiger partial charge in [0.05, 0.1) is 0 Å². The smallest absolute Gasteiger partial charge is 0.0307 e. The summed E-state index contributed by atoms with van der Waals surface area (Å²) in [7, 11) is 0. The molecule has 0 saturated heterocycles. The van der Waals surface area contributed by atoms with E-state index in [0.29, 0.717) is 5.38 Å². The Labute approximate surface area is 159 Å². The summed E-state index contributed by atoms with van der Waals surface area (Å²) >= 11 is 5.94. The van der Waals surface area contributed by atoms with Crippen molar-refractivity contribution in [3.05, 3.63) is 0 Å². The lowest BCUT2D eigenvalue weighted by atomic mass is 10.0. The average Bonchev–Trinajstić information content (AvgIpc) is 2.46. The number of hydrogen-bond acceptors (Lipinski definition) is 0. The Balaban J connectivity index is -0.00000200. The zero-order chi connectivity index (χ0) is 15.6. The molecule has 0 amide bonds. The van der Waals surface area contributed by atoms with Crippen LogP contribution in [-0.4, -0.2) is 5.38 Å². The zero-order valence-electron chi connectivity index (χ0n) is 16.4. The van der Waals surface area contributed by atoms with E-state index in [1.54, 1.807) is 0 Å². The van der Waals surface area contributed by atoms with Gasteiger partial charge in [-0.3, -0.25) is 0 Å². The maximum Gasteiger partial charge on any atom is 0.0307 e. The second kappa shape index (κ2) is 25.4. The van der Waals surface area contributed by atoms with Crippen LogP contribution >= 0.6 is 31.4 Å². The maximum absolute atomic E-state index is 5.94. The van der Waals surface area contributed by atoms with Crippen LogP contribution in [0.1, 0.15) is 123 Å². The van der Waals surface area contributed by atoms with E-state index in [0.717, 1.165) is 0 Å². The first kappa shape index (κ1) is 28.9. The second-order valence-electron chi connectivity index (χ2n) is 6.87. The van der Waals surface area contributed by atoms with Crippen LogP contribution < -0.4 is 0 Å². The molecule has 0 saturated carbocycles. The lowest BCUT2D eigenvalue weighted by Gasteiger charge is -2.04. The molecular weight excluding hydrogens is 338 g/mol. The first-order valence-electron chi connectivity index (χ1n) is 9.91. The van der Waals surface area contributed by atoms with Gasteiger partial charge in [0.25, 0.3) is 0 Å². The summed E-state index contributed by atoms with van der Waals surface area (Å²) in [6, 6.07) is 0. The lowest BCUT2D eigenvalue weighted by molar-refractivity contribution is 0.527. The van der Waals surface area contributed by atoms with Crippen LogP contribution in [0.2, 0.25) is 0 Å². The molecule has 0 nitrogen and oxygen atoms in total. The van der Waals surface area contributed by atoms with Gasteiger partial charge in [-0.1, -0.05) is 110 Å². The van der Waals surface area contributed by atoms with Crippen molar-refractivity contribution in [1.29, 1.82) is 0 Å². The molecule has 0 aromatic heterocycles. The van der Waals surface area contributed by atoms with E-state index in [-0.39, 0.29) is 19.8 Å². The van der Waals surface area contributed by atoms with Gasteiger partial charge in [-0.15, -0.1) is 11.6 Å². The number of unbranched alkanes of at least 4 members (excludes halogenated alkanes) is 15. The van der Waals surface area contributed by atoms with E-state index >= 15 is 0 Å². The van der Waals surface area contributed by atoms with Crippen molar-refractivity contribution in [3.8, 4) is 0 Å². The molecule has 0 aromatic rings. The number of rotatable bonds is 17. The minimum Gasteiger partial charge on any atom is -0.153 e. The summed E-state index contributed by atoms with van der Waals surface area (Å²) in [6.07, 6.45) is 24.2. The number of hydrogen-bond donors (Lipinski definition) is 0. The molecule has 0 aromatic carbocycles. The Morgan fingerprint density at radius 1 is 0.522 bits per heavy atom. The van der Waals surface area contributed by atoms with Gasteiger partial charge in [-0.25, -0.2) is 0 Å². The summed E-state index contributed by atoms with van der Waals surface area (Å²) in [5.74, 6) is 0. The van der Waals surface area contributed by atoms with Crippen LogP contribution in [0.4, 0.5) is 0 Å². The molecule has 0 spiro atoms. The van der Waals surface area contributed by atoms with Crippen LogP contribution in [0.5, 0.6) is 0 Å². The Morgan fingerprint density at radius 3 is 1.04 bits per heavy atom. The minimum atomic E-state index is 0. The highest BCUT2D eigenvalue weighted by Gasteiger charge is 1.96. The fourth-order valence-electron chi connectivity index (χ4n) is 2.97. The van der Waals surface area contributed by atoms with Crippen LogP contribution in [0.3, 0.4) is 0 Å².